The molecule has 1 aliphatic heterocycles. The fourth-order valence-electron chi connectivity index (χ4n) is 3.54. The number of amides is 1. The zero-order valence-corrected chi connectivity index (χ0v) is 12.2. The molecule has 1 aliphatic carbocycles. The number of carbonyl (C=O) groups is 1. The van der Waals surface area contributed by atoms with Crippen LogP contribution in [0.4, 0.5) is 0 Å². The van der Waals surface area contributed by atoms with E-state index in [-0.39, 0.29) is 5.92 Å². The molecular weight excluding hydrogens is 246 g/mol. The zero-order chi connectivity index (χ0) is 13.9. The van der Waals surface area contributed by atoms with Crippen molar-refractivity contribution in [2.24, 2.45) is 5.92 Å². The van der Waals surface area contributed by atoms with Crippen LogP contribution in [0.2, 0.25) is 0 Å². The molecule has 0 N–H and O–H groups in total. The van der Waals surface area contributed by atoms with Gasteiger partial charge in [-0.1, -0.05) is 36.4 Å². The smallest absolute Gasteiger partial charge is 0.226 e. The summed E-state index contributed by atoms with van der Waals surface area (Å²) in [5.74, 6) is 1.14. The molecule has 2 nitrogen and oxygen atoms in total. The molecule has 1 aromatic rings. The van der Waals surface area contributed by atoms with Gasteiger partial charge in [-0.15, -0.1) is 0 Å². The monoisotopic (exact) mass is 269 g/mol. The summed E-state index contributed by atoms with van der Waals surface area (Å²) >= 11 is 0. The van der Waals surface area contributed by atoms with E-state index in [2.05, 4.69) is 48.2 Å². The van der Waals surface area contributed by atoms with Gasteiger partial charge in [-0.25, -0.2) is 0 Å². The van der Waals surface area contributed by atoms with Crippen molar-refractivity contribution >= 4 is 5.91 Å². The highest BCUT2D eigenvalue weighted by atomic mass is 16.2. The first-order valence-electron chi connectivity index (χ1n) is 7.75. The third kappa shape index (κ3) is 2.65. The van der Waals surface area contributed by atoms with Crippen molar-refractivity contribution in [3.8, 4) is 0 Å². The minimum atomic E-state index is 0.232. The molecule has 3 rings (SSSR count). The van der Waals surface area contributed by atoms with E-state index in [1.807, 2.05) is 0 Å². The Morgan fingerprint density at radius 2 is 2.05 bits per heavy atom. The van der Waals surface area contributed by atoms with E-state index in [9.17, 15) is 4.79 Å². The largest absolute Gasteiger partial charge is 0.342 e. The maximum atomic E-state index is 12.6. The molecule has 2 atom stereocenters. The SMILES string of the molecule is Cc1ccccc1[C@H]1CCN(C(=O)[C@@H]2CC=CCC2)C1. The summed E-state index contributed by atoms with van der Waals surface area (Å²) in [4.78, 5) is 14.7. The standard InChI is InChI=1S/C18H23NO/c1-14-7-5-6-10-17(14)16-11-12-19(13-16)18(20)15-8-3-2-4-9-15/h2-3,5-7,10,15-16H,4,8-9,11-13H2,1H3/t15-,16+/m1/s1. The zero-order valence-electron chi connectivity index (χ0n) is 12.2. The van der Waals surface area contributed by atoms with Crippen LogP contribution in [-0.4, -0.2) is 23.9 Å². The summed E-state index contributed by atoms with van der Waals surface area (Å²) in [7, 11) is 0. The van der Waals surface area contributed by atoms with Gasteiger partial charge >= 0.3 is 0 Å². The molecule has 106 valence electrons. The molecule has 1 aromatic carbocycles. The van der Waals surface area contributed by atoms with Gasteiger partial charge in [0, 0.05) is 24.9 Å². The molecule has 0 aromatic heterocycles. The first-order valence-corrected chi connectivity index (χ1v) is 7.75. The summed E-state index contributed by atoms with van der Waals surface area (Å²) in [5.41, 5.74) is 2.78. The van der Waals surface area contributed by atoms with Crippen molar-refractivity contribution in [1.29, 1.82) is 0 Å². The normalized spacial score (nSPS) is 25.9. The Labute approximate surface area is 121 Å². The first-order chi connectivity index (χ1) is 9.75. The van der Waals surface area contributed by atoms with Crippen molar-refractivity contribution < 1.29 is 4.79 Å². The minimum Gasteiger partial charge on any atom is -0.342 e. The molecule has 2 aliphatic rings. The quantitative estimate of drug-likeness (QED) is 0.750. The van der Waals surface area contributed by atoms with E-state index in [1.165, 1.54) is 11.1 Å². The van der Waals surface area contributed by atoms with E-state index >= 15 is 0 Å². The van der Waals surface area contributed by atoms with Crippen LogP contribution < -0.4 is 0 Å². The van der Waals surface area contributed by atoms with E-state index in [4.69, 9.17) is 0 Å². The van der Waals surface area contributed by atoms with Gasteiger partial charge in [-0.2, -0.15) is 0 Å². The molecule has 0 radical (unpaired) electrons. The Kier molecular flexibility index (Phi) is 3.90. The third-order valence-corrected chi connectivity index (χ3v) is 4.75. The number of aryl methyl sites for hydroxylation is 1. The van der Waals surface area contributed by atoms with Crippen LogP contribution in [-0.2, 0) is 4.79 Å². The number of hydrogen-bond acceptors (Lipinski definition) is 1. The lowest BCUT2D eigenvalue weighted by atomic mass is 9.92. The minimum absolute atomic E-state index is 0.232. The van der Waals surface area contributed by atoms with Gasteiger partial charge in [-0.3, -0.25) is 4.79 Å². The molecule has 1 fully saturated rings. The van der Waals surface area contributed by atoms with Crippen LogP contribution in [0.15, 0.2) is 36.4 Å². The molecular formula is C18H23NO. The molecule has 0 spiro atoms. The highest BCUT2D eigenvalue weighted by Crippen LogP contribution is 2.31. The molecule has 0 bridgehead atoms. The average Bonchev–Trinajstić information content (AvgIpc) is 2.97. The fraction of sp³-hybridized carbons (Fsp3) is 0.500. The predicted molar refractivity (Wildman–Crippen MR) is 81.6 cm³/mol. The molecule has 1 heterocycles. The molecule has 1 amide bonds. The maximum absolute atomic E-state index is 12.6. The number of hydrogen-bond donors (Lipinski definition) is 0. The topological polar surface area (TPSA) is 20.3 Å². The molecule has 20 heavy (non-hydrogen) atoms. The van der Waals surface area contributed by atoms with Gasteiger partial charge in [0.1, 0.15) is 0 Å². The van der Waals surface area contributed by atoms with Crippen molar-refractivity contribution in [2.75, 3.05) is 13.1 Å². The summed E-state index contributed by atoms with van der Waals surface area (Å²) in [6, 6.07) is 8.59. The number of benzene rings is 1. The van der Waals surface area contributed by atoms with Crippen LogP contribution in [0, 0.1) is 12.8 Å². The molecule has 0 saturated carbocycles. The van der Waals surface area contributed by atoms with Crippen LogP contribution >= 0.6 is 0 Å². The summed E-state index contributed by atoms with van der Waals surface area (Å²) in [6.45, 7) is 4.01. The van der Waals surface area contributed by atoms with E-state index in [0.29, 0.717) is 11.8 Å². The number of nitrogens with zero attached hydrogens (tertiary/aromatic N) is 1. The van der Waals surface area contributed by atoms with Gasteiger partial charge < -0.3 is 4.90 Å². The summed E-state index contributed by atoms with van der Waals surface area (Å²) in [5, 5.41) is 0. The Balaban J connectivity index is 1.66. The van der Waals surface area contributed by atoms with Gasteiger partial charge in [0.15, 0.2) is 0 Å². The maximum Gasteiger partial charge on any atom is 0.226 e. The first kappa shape index (κ1) is 13.4. The fourth-order valence-corrected chi connectivity index (χ4v) is 3.54. The number of likely N-dealkylation sites (tertiary alicyclic amines) is 1. The van der Waals surface area contributed by atoms with Crippen molar-refractivity contribution in [3.05, 3.63) is 47.5 Å². The van der Waals surface area contributed by atoms with Crippen LogP contribution in [0.5, 0.6) is 0 Å². The summed E-state index contributed by atoms with van der Waals surface area (Å²) in [6.07, 6.45) is 8.50. The highest BCUT2D eigenvalue weighted by Gasteiger charge is 2.31. The van der Waals surface area contributed by atoms with Crippen LogP contribution in [0.25, 0.3) is 0 Å². The second-order valence-corrected chi connectivity index (χ2v) is 6.11. The molecule has 0 unspecified atom stereocenters. The summed E-state index contributed by atoms with van der Waals surface area (Å²) < 4.78 is 0. The Bertz CT molecular complexity index is 520. The predicted octanol–water partition coefficient (Wildman–Crippen LogP) is 3.67. The Morgan fingerprint density at radius 3 is 2.80 bits per heavy atom. The van der Waals surface area contributed by atoms with E-state index < -0.39 is 0 Å². The van der Waals surface area contributed by atoms with Crippen molar-refractivity contribution in [3.63, 3.8) is 0 Å². The van der Waals surface area contributed by atoms with Crippen LogP contribution in [0.1, 0.15) is 42.7 Å². The third-order valence-electron chi connectivity index (χ3n) is 4.75. The van der Waals surface area contributed by atoms with E-state index in [1.54, 1.807) is 0 Å². The second kappa shape index (κ2) is 5.82. The lowest BCUT2D eigenvalue weighted by Gasteiger charge is -2.24. The van der Waals surface area contributed by atoms with Crippen LogP contribution in [0.3, 0.4) is 0 Å². The lowest BCUT2D eigenvalue weighted by Crippen LogP contribution is -2.34. The van der Waals surface area contributed by atoms with Crippen molar-refractivity contribution in [1.82, 2.24) is 4.90 Å². The Hall–Kier alpha value is -1.57. The second-order valence-electron chi connectivity index (χ2n) is 6.11. The van der Waals surface area contributed by atoms with Gasteiger partial charge in [0.25, 0.3) is 0 Å². The van der Waals surface area contributed by atoms with Gasteiger partial charge in [0.2, 0.25) is 5.91 Å². The van der Waals surface area contributed by atoms with Crippen molar-refractivity contribution in [2.45, 2.75) is 38.5 Å². The number of allylic oxidation sites excluding steroid dienone is 2. The Morgan fingerprint density at radius 1 is 1.20 bits per heavy atom. The molecule has 2 heteroatoms. The molecule has 1 saturated heterocycles. The highest BCUT2D eigenvalue weighted by molar-refractivity contribution is 5.79. The van der Waals surface area contributed by atoms with E-state index in [0.717, 1.165) is 38.8 Å². The lowest BCUT2D eigenvalue weighted by molar-refractivity contribution is -0.134. The van der Waals surface area contributed by atoms with Gasteiger partial charge in [-0.05, 0) is 43.7 Å². The number of carbonyl (C=O) groups excluding carboxylic acids is 1. The number of rotatable bonds is 2. The average molecular weight is 269 g/mol. The van der Waals surface area contributed by atoms with Gasteiger partial charge in [0.05, 0.1) is 0 Å².